The molecule has 2 aromatic rings. The van der Waals surface area contributed by atoms with Crippen molar-refractivity contribution in [1.82, 2.24) is 0 Å². The summed E-state index contributed by atoms with van der Waals surface area (Å²) in [5.74, 6) is 0. The van der Waals surface area contributed by atoms with E-state index in [9.17, 15) is 0 Å². The smallest absolute Gasteiger partial charge is 0.0443 e. The van der Waals surface area contributed by atoms with Crippen molar-refractivity contribution in [1.29, 1.82) is 0 Å². The predicted octanol–water partition coefficient (Wildman–Crippen LogP) is 3.14. The summed E-state index contributed by atoms with van der Waals surface area (Å²) in [6.45, 7) is 3.87. The standard InChI is InChI=1S/C15H20N2/c1-3-10-17(2)15-9-8-12(11-16)13-6-4-5-7-14(13)15/h4-9H,3,10-11,16H2,1-2H3. The average molecular weight is 228 g/mol. The number of nitrogens with two attached hydrogens (primary N) is 1. The molecular formula is C15H20N2. The lowest BCUT2D eigenvalue weighted by Gasteiger charge is -2.21. The van der Waals surface area contributed by atoms with Gasteiger partial charge in [-0.3, -0.25) is 0 Å². The molecule has 0 saturated carbocycles. The van der Waals surface area contributed by atoms with Crippen LogP contribution in [-0.4, -0.2) is 13.6 Å². The normalized spacial score (nSPS) is 10.8. The summed E-state index contributed by atoms with van der Waals surface area (Å²) in [4.78, 5) is 2.31. The van der Waals surface area contributed by atoms with Crippen molar-refractivity contribution in [3.8, 4) is 0 Å². The van der Waals surface area contributed by atoms with Gasteiger partial charge in [-0.2, -0.15) is 0 Å². The van der Waals surface area contributed by atoms with Gasteiger partial charge >= 0.3 is 0 Å². The number of hydrogen-bond acceptors (Lipinski definition) is 2. The summed E-state index contributed by atoms with van der Waals surface area (Å²) in [6.07, 6.45) is 1.16. The van der Waals surface area contributed by atoms with Gasteiger partial charge in [0.15, 0.2) is 0 Å². The van der Waals surface area contributed by atoms with Crippen molar-refractivity contribution in [2.24, 2.45) is 5.73 Å². The molecule has 0 unspecified atom stereocenters. The SMILES string of the molecule is CCCN(C)c1ccc(CN)c2ccccc12. The Kier molecular flexibility index (Phi) is 3.64. The molecule has 0 atom stereocenters. The largest absolute Gasteiger partial charge is 0.374 e. The first kappa shape index (κ1) is 11.9. The number of hydrogen-bond donors (Lipinski definition) is 1. The summed E-state index contributed by atoms with van der Waals surface area (Å²) < 4.78 is 0. The molecule has 0 radical (unpaired) electrons. The zero-order valence-electron chi connectivity index (χ0n) is 10.6. The zero-order valence-corrected chi connectivity index (χ0v) is 10.6. The first-order valence-corrected chi connectivity index (χ1v) is 6.19. The molecule has 0 spiro atoms. The average Bonchev–Trinajstić information content (AvgIpc) is 2.37. The molecule has 90 valence electrons. The maximum absolute atomic E-state index is 5.79. The Bertz CT molecular complexity index is 505. The van der Waals surface area contributed by atoms with Gasteiger partial charge in [0, 0.05) is 31.2 Å². The molecule has 0 saturated heterocycles. The summed E-state index contributed by atoms with van der Waals surface area (Å²) in [6, 6.07) is 12.8. The number of nitrogens with zero attached hydrogens (tertiary/aromatic N) is 1. The summed E-state index contributed by atoms with van der Waals surface area (Å²) in [7, 11) is 2.15. The lowest BCUT2D eigenvalue weighted by Crippen LogP contribution is -2.18. The molecule has 0 aliphatic carbocycles. The van der Waals surface area contributed by atoms with Gasteiger partial charge in [-0.25, -0.2) is 0 Å². The third-order valence-corrected chi connectivity index (χ3v) is 3.18. The van der Waals surface area contributed by atoms with E-state index in [0.29, 0.717) is 6.54 Å². The number of rotatable bonds is 4. The topological polar surface area (TPSA) is 29.3 Å². The Hall–Kier alpha value is -1.54. The fraction of sp³-hybridized carbons (Fsp3) is 0.333. The molecule has 17 heavy (non-hydrogen) atoms. The monoisotopic (exact) mass is 228 g/mol. The summed E-state index contributed by atoms with van der Waals surface area (Å²) in [5.41, 5.74) is 8.30. The minimum absolute atomic E-state index is 0.596. The van der Waals surface area contributed by atoms with Gasteiger partial charge in [-0.1, -0.05) is 37.3 Å². The van der Waals surface area contributed by atoms with E-state index in [1.807, 2.05) is 0 Å². The lowest BCUT2D eigenvalue weighted by atomic mass is 10.0. The first-order valence-electron chi connectivity index (χ1n) is 6.19. The van der Waals surface area contributed by atoms with Crippen LogP contribution in [0.5, 0.6) is 0 Å². The zero-order chi connectivity index (χ0) is 12.3. The van der Waals surface area contributed by atoms with E-state index in [0.717, 1.165) is 13.0 Å². The molecule has 0 amide bonds. The van der Waals surface area contributed by atoms with Crippen molar-refractivity contribution in [3.05, 3.63) is 42.0 Å². The molecule has 2 aromatic carbocycles. The predicted molar refractivity (Wildman–Crippen MR) is 75.4 cm³/mol. The van der Waals surface area contributed by atoms with Crippen LogP contribution in [0.15, 0.2) is 36.4 Å². The number of benzene rings is 2. The van der Waals surface area contributed by atoms with Gasteiger partial charge in [-0.15, -0.1) is 0 Å². The van der Waals surface area contributed by atoms with Gasteiger partial charge in [0.2, 0.25) is 0 Å². The van der Waals surface area contributed by atoms with Crippen LogP contribution in [-0.2, 0) is 6.54 Å². The van der Waals surface area contributed by atoms with Crippen molar-refractivity contribution in [2.45, 2.75) is 19.9 Å². The molecular weight excluding hydrogens is 208 g/mol. The fourth-order valence-corrected chi connectivity index (χ4v) is 2.31. The molecule has 0 heterocycles. The molecule has 2 nitrogen and oxygen atoms in total. The maximum Gasteiger partial charge on any atom is 0.0443 e. The van der Waals surface area contributed by atoms with Crippen molar-refractivity contribution in [2.75, 3.05) is 18.5 Å². The van der Waals surface area contributed by atoms with Crippen LogP contribution in [0.3, 0.4) is 0 Å². The van der Waals surface area contributed by atoms with Crippen molar-refractivity contribution >= 4 is 16.5 Å². The Labute approximate surface area is 103 Å². The Balaban J connectivity index is 2.58. The highest BCUT2D eigenvalue weighted by Crippen LogP contribution is 2.28. The van der Waals surface area contributed by atoms with E-state index in [4.69, 9.17) is 5.73 Å². The van der Waals surface area contributed by atoms with Crippen molar-refractivity contribution in [3.63, 3.8) is 0 Å². The van der Waals surface area contributed by atoms with Gasteiger partial charge < -0.3 is 10.6 Å². The highest BCUT2D eigenvalue weighted by Gasteiger charge is 2.07. The van der Waals surface area contributed by atoms with Crippen molar-refractivity contribution < 1.29 is 0 Å². The molecule has 0 aromatic heterocycles. The molecule has 2 N–H and O–H groups in total. The van der Waals surface area contributed by atoms with Gasteiger partial charge in [-0.05, 0) is 23.4 Å². The van der Waals surface area contributed by atoms with E-state index >= 15 is 0 Å². The van der Waals surface area contributed by atoms with Crippen LogP contribution in [0, 0.1) is 0 Å². The van der Waals surface area contributed by atoms with Crippen LogP contribution in [0.4, 0.5) is 5.69 Å². The summed E-state index contributed by atoms with van der Waals surface area (Å²) in [5, 5.41) is 2.57. The van der Waals surface area contributed by atoms with Crippen LogP contribution < -0.4 is 10.6 Å². The van der Waals surface area contributed by atoms with E-state index < -0.39 is 0 Å². The molecule has 0 aliphatic rings. The van der Waals surface area contributed by atoms with Crippen LogP contribution >= 0.6 is 0 Å². The van der Waals surface area contributed by atoms with E-state index in [1.165, 1.54) is 22.0 Å². The second kappa shape index (κ2) is 5.19. The molecule has 0 aliphatic heterocycles. The van der Waals surface area contributed by atoms with Crippen LogP contribution in [0.2, 0.25) is 0 Å². The minimum atomic E-state index is 0.596. The Morgan fingerprint density at radius 2 is 1.76 bits per heavy atom. The highest BCUT2D eigenvalue weighted by molar-refractivity contribution is 5.96. The number of fused-ring (bicyclic) bond motifs is 1. The first-order chi connectivity index (χ1) is 8.27. The van der Waals surface area contributed by atoms with E-state index in [1.54, 1.807) is 0 Å². The molecule has 0 fully saturated rings. The van der Waals surface area contributed by atoms with Gasteiger partial charge in [0.1, 0.15) is 0 Å². The third-order valence-electron chi connectivity index (χ3n) is 3.18. The van der Waals surface area contributed by atoms with Crippen LogP contribution in [0.25, 0.3) is 10.8 Å². The molecule has 2 heteroatoms. The molecule has 0 bridgehead atoms. The van der Waals surface area contributed by atoms with Crippen LogP contribution in [0.1, 0.15) is 18.9 Å². The quantitative estimate of drug-likeness (QED) is 0.871. The fourth-order valence-electron chi connectivity index (χ4n) is 2.31. The summed E-state index contributed by atoms with van der Waals surface area (Å²) >= 11 is 0. The second-order valence-corrected chi connectivity index (χ2v) is 4.42. The Morgan fingerprint density at radius 3 is 2.41 bits per heavy atom. The maximum atomic E-state index is 5.79. The minimum Gasteiger partial charge on any atom is -0.374 e. The van der Waals surface area contributed by atoms with E-state index in [-0.39, 0.29) is 0 Å². The lowest BCUT2D eigenvalue weighted by molar-refractivity contribution is 0.855. The third kappa shape index (κ3) is 2.27. The van der Waals surface area contributed by atoms with E-state index in [2.05, 4.69) is 55.3 Å². The molecule has 2 rings (SSSR count). The van der Waals surface area contributed by atoms with Gasteiger partial charge in [0.25, 0.3) is 0 Å². The highest BCUT2D eigenvalue weighted by atomic mass is 15.1. The Morgan fingerprint density at radius 1 is 1.06 bits per heavy atom. The second-order valence-electron chi connectivity index (χ2n) is 4.42. The van der Waals surface area contributed by atoms with Gasteiger partial charge in [0.05, 0.1) is 0 Å². The number of anilines is 1.